The van der Waals surface area contributed by atoms with Gasteiger partial charge >= 0.3 is 0 Å². The second-order valence-corrected chi connectivity index (χ2v) is 20.0. The fourth-order valence-corrected chi connectivity index (χ4v) is 16.4. The van der Waals surface area contributed by atoms with Crippen molar-refractivity contribution in [1.29, 1.82) is 0 Å². The zero-order valence-electron chi connectivity index (χ0n) is 32.1. The van der Waals surface area contributed by atoms with E-state index in [1.54, 1.807) is 71.4 Å². The smallest absolute Gasteiger partial charge is 0.250 e. The highest BCUT2D eigenvalue weighted by molar-refractivity contribution is 7.12. The fraction of sp³-hybridized carbons (Fsp3) is 0.0769. The topological polar surface area (TPSA) is 6.48 Å². The van der Waals surface area contributed by atoms with E-state index in [1.807, 2.05) is 0 Å². The van der Waals surface area contributed by atoms with Crippen LogP contribution in [-0.2, 0) is 0 Å². The maximum atomic E-state index is 2.94. The van der Waals surface area contributed by atoms with Crippen molar-refractivity contribution in [2.45, 2.75) is 27.7 Å². The average Bonchev–Trinajstić information content (AvgIpc) is 4.07. The van der Waals surface area contributed by atoms with Crippen LogP contribution in [0.5, 0.6) is 0 Å². The maximum Gasteiger partial charge on any atom is 0.250 e. The van der Waals surface area contributed by atoms with Gasteiger partial charge in [0, 0.05) is 11.4 Å². The van der Waals surface area contributed by atoms with Crippen LogP contribution in [0.2, 0.25) is 0 Å². The van der Waals surface area contributed by atoms with Gasteiger partial charge in [0.1, 0.15) is 0 Å². The number of hydrogen-bond donors (Lipinski definition) is 0. The van der Waals surface area contributed by atoms with E-state index in [1.165, 1.54) is 128 Å². The first-order valence-electron chi connectivity index (χ1n) is 21.5. The molecule has 0 fully saturated rings. The van der Waals surface area contributed by atoms with Gasteiger partial charge < -0.3 is 9.80 Å². The molecule has 254 valence electrons. The molecule has 0 atom stereocenters. The molecule has 20 rings (SSSR count). The van der Waals surface area contributed by atoms with Crippen LogP contribution in [0.3, 0.4) is 0 Å². The molecule has 0 bridgehead atoms. The number of benzene rings is 8. The number of fused-ring (bicyclic) bond motifs is 11. The SMILES string of the molecule is Cc1ccc2c(c1)-c1cc3c4c5c1B2c1cc2c6c7c1N5c1c5c(c8c9c1N7c1c7c(cc%10c1B9c1c-%10cc(C)cc1-8)-c1cc(C)cc-2c1B76)-c1cc(C)cc-3c1B45. The lowest BCUT2D eigenvalue weighted by atomic mass is 9.31. The molecule has 12 aliphatic heterocycles. The molecule has 0 radical (unpaired) electrons. The molecule has 2 nitrogen and oxygen atoms in total. The van der Waals surface area contributed by atoms with Gasteiger partial charge in [0.25, 0.3) is 0 Å². The van der Waals surface area contributed by atoms with E-state index >= 15 is 0 Å². The minimum Gasteiger partial charge on any atom is -0.308 e. The summed E-state index contributed by atoms with van der Waals surface area (Å²) in [5.41, 5.74) is 54.4. The van der Waals surface area contributed by atoms with Gasteiger partial charge in [-0.05, 0) is 178 Å². The van der Waals surface area contributed by atoms with Crippen molar-refractivity contribution in [1.82, 2.24) is 0 Å². The summed E-state index contributed by atoms with van der Waals surface area (Å²) < 4.78 is 0. The van der Waals surface area contributed by atoms with E-state index in [0.717, 1.165) is 0 Å². The normalized spacial score (nSPS) is 16.8. The molecule has 6 heteroatoms. The Morgan fingerprint density at radius 2 is 0.655 bits per heavy atom. The van der Waals surface area contributed by atoms with Gasteiger partial charge in [-0.2, -0.15) is 0 Å². The van der Waals surface area contributed by atoms with Crippen LogP contribution in [0, 0.1) is 27.7 Å². The van der Waals surface area contributed by atoms with Gasteiger partial charge in [0.15, 0.2) is 0 Å². The summed E-state index contributed by atoms with van der Waals surface area (Å²) in [7, 11) is 0. The van der Waals surface area contributed by atoms with Crippen molar-refractivity contribution < 1.29 is 0 Å². The summed E-state index contributed by atoms with van der Waals surface area (Å²) in [6.45, 7) is 10.3. The Balaban J connectivity index is 1.11. The number of rotatable bonds is 0. The zero-order valence-corrected chi connectivity index (χ0v) is 32.1. The summed E-state index contributed by atoms with van der Waals surface area (Å²) in [4.78, 5) is 5.86. The van der Waals surface area contributed by atoms with Gasteiger partial charge in [-0.1, -0.05) is 88.1 Å². The Morgan fingerprint density at radius 1 is 0.276 bits per heavy atom. The molecular weight excluding hydrogens is 696 g/mol. The highest BCUT2D eigenvalue weighted by Gasteiger charge is 2.65. The molecular formula is C52H24B4N2. The van der Waals surface area contributed by atoms with Crippen molar-refractivity contribution in [3.8, 4) is 77.9 Å². The van der Waals surface area contributed by atoms with Crippen LogP contribution in [-0.4, -0.2) is 26.9 Å². The Bertz CT molecular complexity index is 3870. The summed E-state index contributed by atoms with van der Waals surface area (Å²) in [5, 5.41) is 0. The van der Waals surface area contributed by atoms with E-state index < -0.39 is 0 Å². The third kappa shape index (κ3) is 2.06. The monoisotopic (exact) mass is 720 g/mol. The fourth-order valence-electron chi connectivity index (χ4n) is 16.4. The van der Waals surface area contributed by atoms with Gasteiger partial charge in [-0.25, -0.2) is 0 Å². The van der Waals surface area contributed by atoms with Gasteiger partial charge in [-0.15, -0.1) is 0 Å². The minimum absolute atomic E-state index is 0.209. The summed E-state index contributed by atoms with van der Waals surface area (Å²) in [6.07, 6.45) is 0. The molecule has 0 aromatic heterocycles. The Kier molecular flexibility index (Phi) is 3.29. The molecule has 8 aromatic rings. The third-order valence-corrected chi connectivity index (χ3v) is 17.6. The molecule has 12 heterocycles. The largest absolute Gasteiger partial charge is 0.308 e. The predicted octanol–water partition coefficient (Wildman–Crippen LogP) is 3.35. The highest BCUT2D eigenvalue weighted by Crippen LogP contribution is 2.64. The summed E-state index contributed by atoms with van der Waals surface area (Å²) >= 11 is 0. The van der Waals surface area contributed by atoms with E-state index in [4.69, 9.17) is 0 Å². The first-order chi connectivity index (χ1) is 28.5. The Labute approximate surface area is 335 Å². The second-order valence-electron chi connectivity index (χ2n) is 20.0. The number of aryl methyl sites for hydroxylation is 4. The lowest BCUT2D eigenvalue weighted by Gasteiger charge is -2.54. The zero-order chi connectivity index (χ0) is 36.7. The van der Waals surface area contributed by atoms with E-state index in [-0.39, 0.29) is 20.1 Å². The van der Waals surface area contributed by atoms with Gasteiger partial charge in [-0.3, -0.25) is 0 Å². The summed E-state index contributed by atoms with van der Waals surface area (Å²) in [5.74, 6) is 0. The number of hydrogen-bond acceptors (Lipinski definition) is 2. The van der Waals surface area contributed by atoms with Crippen LogP contribution in [0.25, 0.3) is 77.9 Å². The maximum absolute atomic E-state index is 2.94. The number of anilines is 6. The molecule has 0 spiro atoms. The Morgan fingerprint density at radius 3 is 1.22 bits per heavy atom. The minimum atomic E-state index is 0.209. The standard InChI is InChI=1S/C52H24B4N2/c1-17-5-6-33-21(7-17)26-14-27-23-10-19(3)12-31-35-36-32-13-20(4)11-24-29-15-28-22-8-18(2)9-25-30-16-34-47-50-44(30)54(37(22)25)41(28)49-43(29)56(39(24)32)46(36)52(58(49)50)51-45(35)55(38(23)31)42(27)48(57(47)51)40(26)53(33)34/h5-16H,1-4H3. The number of nitrogens with zero attached hydrogens (tertiary/aromatic N) is 2. The quantitative estimate of drug-likeness (QED) is 0.222. The van der Waals surface area contributed by atoms with Crippen LogP contribution >= 0.6 is 0 Å². The highest BCUT2D eigenvalue weighted by atomic mass is 15.3. The Hall–Kier alpha value is -6.38. The lowest BCUT2D eigenvalue weighted by Crippen LogP contribution is -2.67. The van der Waals surface area contributed by atoms with Crippen molar-refractivity contribution in [2.75, 3.05) is 9.80 Å². The summed E-state index contributed by atoms with van der Waals surface area (Å²) in [6, 6.07) is 30.7. The molecule has 12 aliphatic rings. The molecule has 0 aliphatic carbocycles. The first kappa shape index (κ1) is 26.5. The van der Waals surface area contributed by atoms with Crippen LogP contribution in [0.1, 0.15) is 22.3 Å². The van der Waals surface area contributed by atoms with E-state index in [9.17, 15) is 0 Å². The van der Waals surface area contributed by atoms with Crippen molar-refractivity contribution in [2.24, 2.45) is 0 Å². The van der Waals surface area contributed by atoms with Crippen LogP contribution < -0.4 is 75.4 Å². The average molecular weight is 720 g/mol. The van der Waals surface area contributed by atoms with Crippen molar-refractivity contribution in [3.05, 3.63) is 95.1 Å². The third-order valence-electron chi connectivity index (χ3n) is 17.6. The molecule has 0 saturated heterocycles. The predicted molar refractivity (Wildman–Crippen MR) is 246 cm³/mol. The van der Waals surface area contributed by atoms with Crippen molar-refractivity contribution >= 4 is 127 Å². The molecule has 8 aromatic carbocycles. The first-order valence-corrected chi connectivity index (χ1v) is 21.5. The van der Waals surface area contributed by atoms with Crippen LogP contribution in [0.4, 0.5) is 34.1 Å². The van der Waals surface area contributed by atoms with Crippen LogP contribution in [0.15, 0.2) is 72.8 Å². The molecule has 58 heavy (non-hydrogen) atoms. The molecule has 0 saturated carbocycles. The molecule has 0 unspecified atom stereocenters. The van der Waals surface area contributed by atoms with Gasteiger partial charge in [0.2, 0.25) is 26.9 Å². The van der Waals surface area contributed by atoms with Gasteiger partial charge in [0.05, 0.1) is 22.7 Å². The van der Waals surface area contributed by atoms with E-state index in [0.29, 0.717) is 6.71 Å². The lowest BCUT2D eigenvalue weighted by molar-refractivity contribution is 1.20. The van der Waals surface area contributed by atoms with E-state index in [2.05, 4.69) is 110 Å². The molecule has 0 amide bonds. The van der Waals surface area contributed by atoms with Crippen molar-refractivity contribution in [3.63, 3.8) is 0 Å². The second kappa shape index (κ2) is 7.19. The molecule has 0 N–H and O–H groups in total.